The van der Waals surface area contributed by atoms with E-state index in [2.05, 4.69) is 59.6 Å². The number of rotatable bonds is 2. The third-order valence-corrected chi connectivity index (χ3v) is 5.68. The Kier molecular flexibility index (Phi) is 3.56. The van der Waals surface area contributed by atoms with E-state index in [9.17, 15) is 0 Å². The summed E-state index contributed by atoms with van der Waals surface area (Å²) >= 11 is 6.36. The molecule has 6 aromatic rings. The maximum Gasteiger partial charge on any atom is 0.161 e. The summed E-state index contributed by atoms with van der Waals surface area (Å²) in [6.45, 7) is 0. The zero-order chi connectivity index (χ0) is 19.4. The molecule has 136 valence electrons. The summed E-state index contributed by atoms with van der Waals surface area (Å²) in [5, 5.41) is 8.01. The lowest BCUT2D eigenvalue weighted by Gasteiger charge is -2.13. The van der Waals surface area contributed by atoms with Gasteiger partial charge in [-0.1, -0.05) is 84.4 Å². The lowest BCUT2D eigenvalue weighted by Crippen LogP contribution is -1.93. The van der Waals surface area contributed by atoms with Crippen LogP contribution < -0.4 is 0 Å². The Hall–Kier alpha value is -3.49. The summed E-state index contributed by atoms with van der Waals surface area (Å²) in [6, 6.07) is 31.4. The summed E-state index contributed by atoms with van der Waals surface area (Å²) in [4.78, 5) is 9.24. The first-order valence-electron chi connectivity index (χ1n) is 9.54. The predicted octanol–water partition coefficient (Wildman–Crippen LogP) is 7.36. The Morgan fingerprint density at radius 3 is 1.83 bits per heavy atom. The van der Waals surface area contributed by atoms with Crippen LogP contribution >= 0.6 is 11.6 Å². The molecule has 0 N–H and O–H groups in total. The van der Waals surface area contributed by atoms with Crippen LogP contribution in [0, 0.1) is 0 Å². The Balaban J connectivity index is 1.61. The molecule has 3 heteroatoms. The van der Waals surface area contributed by atoms with Crippen molar-refractivity contribution in [2.45, 2.75) is 0 Å². The molecule has 0 bridgehead atoms. The first-order valence-corrected chi connectivity index (χ1v) is 9.92. The van der Waals surface area contributed by atoms with Crippen LogP contribution in [-0.4, -0.2) is 9.97 Å². The predicted molar refractivity (Wildman–Crippen MR) is 122 cm³/mol. The van der Waals surface area contributed by atoms with Crippen LogP contribution in [0.4, 0.5) is 0 Å². The highest BCUT2D eigenvalue weighted by molar-refractivity contribution is 6.29. The number of halogens is 1. The highest BCUT2D eigenvalue weighted by Crippen LogP contribution is 2.37. The molecule has 0 unspecified atom stereocenters. The molecule has 0 aliphatic heterocycles. The summed E-state index contributed by atoms with van der Waals surface area (Å²) in [7, 11) is 0. The smallest absolute Gasteiger partial charge is 0.161 e. The normalized spacial score (nSPS) is 11.6. The Morgan fingerprint density at radius 2 is 1.14 bits per heavy atom. The van der Waals surface area contributed by atoms with Gasteiger partial charge in [0.05, 0.1) is 5.69 Å². The van der Waals surface area contributed by atoms with Gasteiger partial charge in [-0.15, -0.1) is 0 Å². The molecular weight excluding hydrogens is 376 g/mol. The average molecular weight is 391 g/mol. The van der Waals surface area contributed by atoms with E-state index in [0.717, 1.165) is 16.8 Å². The number of hydrogen-bond donors (Lipinski definition) is 0. The van der Waals surface area contributed by atoms with Gasteiger partial charge < -0.3 is 0 Å². The van der Waals surface area contributed by atoms with E-state index < -0.39 is 0 Å². The molecule has 0 aliphatic rings. The van der Waals surface area contributed by atoms with Crippen LogP contribution in [0.1, 0.15) is 0 Å². The SMILES string of the molecule is Clc1cc(-c2cc3ccc4cccc5ccc(c2)c3c45)nc(-c2ccccc2)n1. The van der Waals surface area contributed by atoms with Crippen LogP contribution in [0.2, 0.25) is 5.15 Å². The van der Waals surface area contributed by atoms with Crippen molar-refractivity contribution in [3.8, 4) is 22.6 Å². The van der Waals surface area contributed by atoms with E-state index in [4.69, 9.17) is 16.6 Å². The van der Waals surface area contributed by atoms with Gasteiger partial charge in [0, 0.05) is 17.2 Å². The third-order valence-electron chi connectivity index (χ3n) is 5.49. The van der Waals surface area contributed by atoms with Gasteiger partial charge in [-0.3, -0.25) is 0 Å². The second-order valence-corrected chi connectivity index (χ2v) is 7.66. The van der Waals surface area contributed by atoms with Crippen molar-refractivity contribution in [1.82, 2.24) is 9.97 Å². The van der Waals surface area contributed by atoms with E-state index in [1.54, 1.807) is 0 Å². The van der Waals surface area contributed by atoms with Gasteiger partial charge in [0.1, 0.15) is 5.15 Å². The Labute approximate surface area is 172 Å². The molecular formula is C26H15ClN2. The molecule has 0 fully saturated rings. The van der Waals surface area contributed by atoms with E-state index in [1.165, 1.54) is 32.3 Å². The van der Waals surface area contributed by atoms with Crippen LogP contribution in [0.3, 0.4) is 0 Å². The van der Waals surface area contributed by atoms with Gasteiger partial charge in [0.2, 0.25) is 0 Å². The molecule has 6 rings (SSSR count). The van der Waals surface area contributed by atoms with Gasteiger partial charge in [-0.05, 0) is 44.5 Å². The number of benzene rings is 5. The highest BCUT2D eigenvalue weighted by Gasteiger charge is 2.12. The van der Waals surface area contributed by atoms with Gasteiger partial charge in [-0.2, -0.15) is 0 Å². The summed E-state index contributed by atoms with van der Waals surface area (Å²) in [5.74, 6) is 0.637. The zero-order valence-electron chi connectivity index (χ0n) is 15.4. The maximum absolute atomic E-state index is 6.36. The standard InChI is InChI=1S/C26H15ClN2/c27-23-15-22(28-26(29-23)18-5-2-1-3-6-18)21-13-19-11-9-16-7-4-8-17-10-12-20(14-21)25(19)24(16)17/h1-15H. The molecule has 0 spiro atoms. The minimum atomic E-state index is 0.443. The summed E-state index contributed by atoms with van der Waals surface area (Å²) in [5.41, 5.74) is 2.82. The fourth-order valence-electron chi connectivity index (χ4n) is 4.18. The van der Waals surface area contributed by atoms with Crippen molar-refractivity contribution in [3.63, 3.8) is 0 Å². The van der Waals surface area contributed by atoms with Crippen molar-refractivity contribution in [1.29, 1.82) is 0 Å². The molecule has 0 saturated carbocycles. The first kappa shape index (κ1) is 16.5. The number of aromatic nitrogens is 2. The lowest BCUT2D eigenvalue weighted by atomic mass is 9.92. The van der Waals surface area contributed by atoms with Crippen molar-refractivity contribution >= 4 is 43.9 Å². The molecule has 1 heterocycles. The fraction of sp³-hybridized carbons (Fsp3) is 0. The third kappa shape index (κ3) is 2.65. The Morgan fingerprint density at radius 1 is 0.517 bits per heavy atom. The molecule has 1 aromatic heterocycles. The molecule has 29 heavy (non-hydrogen) atoms. The fourth-order valence-corrected chi connectivity index (χ4v) is 4.37. The van der Waals surface area contributed by atoms with Gasteiger partial charge in [-0.25, -0.2) is 9.97 Å². The van der Waals surface area contributed by atoms with Gasteiger partial charge >= 0.3 is 0 Å². The van der Waals surface area contributed by atoms with Crippen LogP contribution in [0.25, 0.3) is 55.0 Å². The van der Waals surface area contributed by atoms with Crippen molar-refractivity contribution in [2.24, 2.45) is 0 Å². The van der Waals surface area contributed by atoms with E-state index in [0.29, 0.717) is 11.0 Å². The molecule has 0 atom stereocenters. The van der Waals surface area contributed by atoms with Crippen molar-refractivity contribution in [3.05, 3.63) is 96.1 Å². The molecule has 2 nitrogen and oxygen atoms in total. The van der Waals surface area contributed by atoms with Gasteiger partial charge in [0.25, 0.3) is 0 Å². The summed E-state index contributed by atoms with van der Waals surface area (Å²) in [6.07, 6.45) is 0. The molecule has 0 aliphatic carbocycles. The van der Waals surface area contributed by atoms with E-state index >= 15 is 0 Å². The quantitative estimate of drug-likeness (QED) is 0.228. The maximum atomic E-state index is 6.36. The molecule has 0 radical (unpaired) electrons. The van der Waals surface area contributed by atoms with Crippen molar-refractivity contribution in [2.75, 3.05) is 0 Å². The van der Waals surface area contributed by atoms with Crippen molar-refractivity contribution < 1.29 is 0 Å². The van der Waals surface area contributed by atoms with Crippen LogP contribution in [0.5, 0.6) is 0 Å². The largest absolute Gasteiger partial charge is 0.228 e. The van der Waals surface area contributed by atoms with E-state index in [1.807, 2.05) is 36.4 Å². The monoisotopic (exact) mass is 390 g/mol. The molecule has 0 saturated heterocycles. The second-order valence-electron chi connectivity index (χ2n) is 7.27. The molecule has 5 aromatic carbocycles. The van der Waals surface area contributed by atoms with Gasteiger partial charge in [0.15, 0.2) is 5.82 Å². The Bertz CT molecular complexity index is 1440. The average Bonchev–Trinajstić information content (AvgIpc) is 2.77. The second kappa shape index (κ2) is 6.26. The van der Waals surface area contributed by atoms with Crippen LogP contribution in [0.15, 0.2) is 91.0 Å². The highest BCUT2D eigenvalue weighted by atomic mass is 35.5. The zero-order valence-corrected chi connectivity index (χ0v) is 16.2. The number of hydrogen-bond acceptors (Lipinski definition) is 2. The minimum absolute atomic E-state index is 0.443. The van der Waals surface area contributed by atoms with Crippen LogP contribution in [-0.2, 0) is 0 Å². The summed E-state index contributed by atoms with van der Waals surface area (Å²) < 4.78 is 0. The lowest BCUT2D eigenvalue weighted by molar-refractivity contribution is 1.18. The molecule has 0 amide bonds. The van der Waals surface area contributed by atoms with E-state index in [-0.39, 0.29) is 0 Å². The first-order chi connectivity index (χ1) is 14.3. The minimum Gasteiger partial charge on any atom is -0.228 e. The topological polar surface area (TPSA) is 25.8 Å². The number of nitrogens with zero attached hydrogens (tertiary/aromatic N) is 2.